The first kappa shape index (κ1) is 17.1. The molecule has 26 heavy (non-hydrogen) atoms. The highest BCUT2D eigenvalue weighted by molar-refractivity contribution is 6.03. The fourth-order valence-corrected chi connectivity index (χ4v) is 2.19. The molecule has 0 aliphatic heterocycles. The second kappa shape index (κ2) is 7.01. The molecule has 0 bridgehead atoms. The number of aromatic nitrogens is 2. The zero-order chi connectivity index (χ0) is 18.7. The van der Waals surface area contributed by atoms with E-state index in [2.05, 4.69) is 10.4 Å². The normalized spacial score (nSPS) is 10.4. The van der Waals surface area contributed by atoms with Gasteiger partial charge >= 0.3 is 5.69 Å². The molecule has 3 rings (SSSR count). The number of anilines is 1. The van der Waals surface area contributed by atoms with E-state index >= 15 is 0 Å². The molecule has 0 spiro atoms. The van der Waals surface area contributed by atoms with E-state index in [9.17, 15) is 19.3 Å². The second-order valence-electron chi connectivity index (χ2n) is 5.28. The van der Waals surface area contributed by atoms with Crippen molar-refractivity contribution in [1.29, 1.82) is 0 Å². The van der Waals surface area contributed by atoms with E-state index in [-0.39, 0.29) is 23.0 Å². The van der Waals surface area contributed by atoms with Crippen LogP contribution in [0.4, 0.5) is 15.8 Å². The number of nitro benzene ring substituents is 1. The van der Waals surface area contributed by atoms with Gasteiger partial charge < -0.3 is 10.1 Å². The van der Waals surface area contributed by atoms with Gasteiger partial charge in [0.1, 0.15) is 5.82 Å². The van der Waals surface area contributed by atoms with Crippen molar-refractivity contribution in [3.05, 3.63) is 76.2 Å². The average molecular weight is 356 g/mol. The highest BCUT2D eigenvalue weighted by Gasteiger charge is 2.19. The van der Waals surface area contributed by atoms with Crippen LogP contribution in [0.25, 0.3) is 0 Å². The fourth-order valence-electron chi connectivity index (χ4n) is 2.19. The summed E-state index contributed by atoms with van der Waals surface area (Å²) in [6.45, 7) is 0. The first-order valence-electron chi connectivity index (χ1n) is 7.46. The first-order chi connectivity index (χ1) is 12.4. The predicted octanol–water partition coefficient (Wildman–Crippen LogP) is 3.51. The van der Waals surface area contributed by atoms with Crippen molar-refractivity contribution in [2.45, 2.75) is 0 Å². The number of carbonyl (C=O) groups is 1. The molecule has 132 valence electrons. The Kier molecular flexibility index (Phi) is 4.61. The summed E-state index contributed by atoms with van der Waals surface area (Å²) in [4.78, 5) is 22.7. The Bertz CT molecular complexity index is 969. The van der Waals surface area contributed by atoms with E-state index < -0.39 is 16.6 Å². The summed E-state index contributed by atoms with van der Waals surface area (Å²) in [5.74, 6) is -0.750. The van der Waals surface area contributed by atoms with E-state index in [4.69, 9.17) is 4.74 Å². The van der Waals surface area contributed by atoms with E-state index in [1.807, 2.05) is 0 Å². The van der Waals surface area contributed by atoms with Crippen LogP contribution in [0.3, 0.4) is 0 Å². The summed E-state index contributed by atoms with van der Waals surface area (Å²) in [6, 6.07) is 12.5. The van der Waals surface area contributed by atoms with Crippen LogP contribution in [0.15, 0.2) is 54.6 Å². The number of rotatable bonds is 5. The minimum Gasteiger partial charge on any atom is -0.432 e. The number of nitrogens with zero attached hydrogens (tertiary/aromatic N) is 3. The maximum absolute atomic E-state index is 12.9. The molecule has 1 amide bonds. The van der Waals surface area contributed by atoms with Crippen molar-refractivity contribution >= 4 is 17.3 Å². The molecular weight excluding hydrogens is 343 g/mol. The molecule has 1 heterocycles. The fraction of sp³-hybridized carbons (Fsp3) is 0.0588. The molecule has 0 unspecified atom stereocenters. The Morgan fingerprint density at radius 2 is 1.92 bits per heavy atom. The smallest absolute Gasteiger partial charge is 0.311 e. The first-order valence-corrected chi connectivity index (χ1v) is 7.46. The van der Waals surface area contributed by atoms with E-state index in [0.717, 1.165) is 0 Å². The zero-order valence-electron chi connectivity index (χ0n) is 13.5. The van der Waals surface area contributed by atoms with Gasteiger partial charge in [0, 0.05) is 24.9 Å². The number of hydrogen-bond acceptors (Lipinski definition) is 5. The van der Waals surface area contributed by atoms with Gasteiger partial charge in [0.15, 0.2) is 5.69 Å². The topological polar surface area (TPSA) is 99.3 Å². The van der Waals surface area contributed by atoms with Crippen molar-refractivity contribution in [3.8, 4) is 11.6 Å². The maximum Gasteiger partial charge on any atom is 0.311 e. The van der Waals surface area contributed by atoms with Gasteiger partial charge in [0.2, 0.25) is 11.6 Å². The van der Waals surface area contributed by atoms with Crippen molar-refractivity contribution in [2.24, 2.45) is 7.05 Å². The molecule has 0 aliphatic carbocycles. The van der Waals surface area contributed by atoms with Gasteiger partial charge in [-0.15, -0.1) is 0 Å². The number of nitro groups is 1. The lowest BCUT2D eigenvalue weighted by Gasteiger charge is -2.05. The number of aryl methyl sites for hydroxylation is 1. The summed E-state index contributed by atoms with van der Waals surface area (Å²) in [5, 5.41) is 17.7. The molecule has 0 saturated carbocycles. The monoisotopic (exact) mass is 356 g/mol. The number of ether oxygens (including phenoxy) is 1. The Morgan fingerprint density at radius 1 is 1.23 bits per heavy atom. The molecular formula is C17H13FN4O4. The van der Waals surface area contributed by atoms with Crippen molar-refractivity contribution in [1.82, 2.24) is 9.78 Å². The quantitative estimate of drug-likeness (QED) is 0.557. The Labute approximate surface area is 147 Å². The minimum absolute atomic E-state index is 0.0333. The summed E-state index contributed by atoms with van der Waals surface area (Å²) in [7, 11) is 1.54. The lowest BCUT2D eigenvalue weighted by atomic mass is 10.3. The summed E-state index contributed by atoms with van der Waals surface area (Å²) in [6.07, 6.45) is 0. The van der Waals surface area contributed by atoms with E-state index in [1.54, 1.807) is 13.1 Å². The van der Waals surface area contributed by atoms with Crippen molar-refractivity contribution in [2.75, 3.05) is 5.32 Å². The van der Waals surface area contributed by atoms with Crippen LogP contribution in [0.2, 0.25) is 0 Å². The molecule has 8 nitrogen and oxygen atoms in total. The molecule has 3 aromatic rings. The van der Waals surface area contributed by atoms with Crippen LogP contribution >= 0.6 is 0 Å². The van der Waals surface area contributed by atoms with Gasteiger partial charge in [-0.1, -0.05) is 12.1 Å². The average Bonchev–Trinajstić information content (AvgIpc) is 2.98. The molecule has 2 aromatic carbocycles. The number of para-hydroxylation sites is 2. The van der Waals surface area contributed by atoms with Gasteiger partial charge in [-0.3, -0.25) is 14.9 Å². The minimum atomic E-state index is -0.562. The lowest BCUT2D eigenvalue weighted by molar-refractivity contribution is -0.385. The zero-order valence-corrected chi connectivity index (χ0v) is 13.5. The summed E-state index contributed by atoms with van der Waals surface area (Å²) >= 11 is 0. The van der Waals surface area contributed by atoms with Crippen molar-refractivity contribution < 1.29 is 18.8 Å². The van der Waals surface area contributed by atoms with Gasteiger partial charge in [-0.25, -0.2) is 9.07 Å². The van der Waals surface area contributed by atoms with Crippen LogP contribution < -0.4 is 10.1 Å². The number of amides is 1. The number of carbonyl (C=O) groups excluding carboxylic acids is 1. The van der Waals surface area contributed by atoms with E-state index in [1.165, 1.54) is 53.2 Å². The number of halogens is 1. The van der Waals surface area contributed by atoms with Gasteiger partial charge in [0.05, 0.1) is 4.92 Å². The Balaban J connectivity index is 1.80. The molecule has 1 aromatic heterocycles. The highest BCUT2D eigenvalue weighted by atomic mass is 19.1. The predicted molar refractivity (Wildman–Crippen MR) is 90.7 cm³/mol. The largest absolute Gasteiger partial charge is 0.432 e. The highest BCUT2D eigenvalue weighted by Crippen LogP contribution is 2.30. The van der Waals surface area contributed by atoms with Crippen LogP contribution in [-0.2, 0) is 7.05 Å². The Hall–Kier alpha value is -3.75. The second-order valence-corrected chi connectivity index (χ2v) is 5.28. The number of nitrogens with one attached hydrogen (secondary N) is 1. The third-order valence-corrected chi connectivity index (χ3v) is 3.45. The standard InChI is InChI=1S/C17H13FN4O4/c1-21-16(26-15-5-3-2-4-14(15)22(24)25)10-13(20-21)17(23)19-12-8-6-11(18)7-9-12/h2-10H,1H3,(H,19,23). The Morgan fingerprint density at radius 3 is 2.62 bits per heavy atom. The molecule has 0 aliphatic rings. The number of hydrogen-bond donors (Lipinski definition) is 1. The lowest BCUT2D eigenvalue weighted by Crippen LogP contribution is -2.12. The van der Waals surface area contributed by atoms with Crippen LogP contribution in [-0.4, -0.2) is 20.6 Å². The van der Waals surface area contributed by atoms with Crippen LogP contribution in [0.1, 0.15) is 10.5 Å². The van der Waals surface area contributed by atoms with Crippen molar-refractivity contribution in [3.63, 3.8) is 0 Å². The molecule has 9 heteroatoms. The molecule has 0 saturated heterocycles. The molecule has 0 atom stereocenters. The number of benzene rings is 2. The SMILES string of the molecule is Cn1nc(C(=O)Nc2ccc(F)cc2)cc1Oc1ccccc1[N+](=O)[O-]. The maximum atomic E-state index is 12.9. The molecule has 0 fully saturated rings. The molecule has 1 N–H and O–H groups in total. The van der Waals surface area contributed by atoms with Gasteiger partial charge in [0.25, 0.3) is 5.91 Å². The van der Waals surface area contributed by atoms with E-state index in [0.29, 0.717) is 5.69 Å². The summed E-state index contributed by atoms with van der Waals surface area (Å²) < 4.78 is 19.7. The van der Waals surface area contributed by atoms with Gasteiger partial charge in [-0.2, -0.15) is 5.10 Å². The third kappa shape index (κ3) is 3.66. The summed E-state index contributed by atoms with van der Waals surface area (Å²) in [5.41, 5.74) is 0.250. The van der Waals surface area contributed by atoms with Crippen LogP contribution in [0, 0.1) is 15.9 Å². The van der Waals surface area contributed by atoms with Gasteiger partial charge in [-0.05, 0) is 30.3 Å². The van der Waals surface area contributed by atoms with Crippen LogP contribution in [0.5, 0.6) is 11.6 Å². The molecule has 0 radical (unpaired) electrons. The third-order valence-electron chi connectivity index (χ3n) is 3.45.